The Hall–Kier alpha value is -2.67. The number of benzene rings is 2. The van der Waals surface area contributed by atoms with E-state index in [-0.39, 0.29) is 29.8 Å². The van der Waals surface area contributed by atoms with Crippen LogP contribution in [-0.4, -0.2) is 44.3 Å². The van der Waals surface area contributed by atoms with Gasteiger partial charge in [-0.05, 0) is 68.0 Å². The second kappa shape index (κ2) is 13.8. The zero-order valence-electron chi connectivity index (χ0n) is 23.0. The Kier molecular flexibility index (Phi) is 10.7. The maximum absolute atomic E-state index is 12.9. The van der Waals surface area contributed by atoms with Gasteiger partial charge in [0, 0.05) is 12.5 Å². The fourth-order valence-electron chi connectivity index (χ4n) is 4.28. The summed E-state index contributed by atoms with van der Waals surface area (Å²) in [5, 5.41) is 0. The summed E-state index contributed by atoms with van der Waals surface area (Å²) in [7, 11) is 1.66. The summed E-state index contributed by atoms with van der Waals surface area (Å²) in [5.41, 5.74) is 1.66. The standard InChI is InChI=1S/C31H42O6/c1-22(18-19-34-20-25-13-15-27(33-6)16-14-25)12-17-28(36-30(32)26-10-8-7-9-11-26)23(2)24(3)29-21-35-31(4,5)37-29/h7-17,22-24,28-29H,18-21H2,1-6H3/b17-12-/t22-,23-,24-,28-,29+/m0/s1. The van der Waals surface area contributed by atoms with Crippen molar-refractivity contribution in [2.45, 2.75) is 65.6 Å². The molecule has 202 valence electrons. The minimum absolute atomic E-state index is 0.0323. The summed E-state index contributed by atoms with van der Waals surface area (Å²) in [6.07, 6.45) is 4.57. The van der Waals surface area contributed by atoms with Gasteiger partial charge in [-0.1, -0.05) is 57.2 Å². The summed E-state index contributed by atoms with van der Waals surface area (Å²) in [6, 6.07) is 17.0. The number of methoxy groups -OCH3 is 1. The summed E-state index contributed by atoms with van der Waals surface area (Å²) < 4.78 is 29.0. The molecule has 0 amide bonds. The van der Waals surface area contributed by atoms with Crippen molar-refractivity contribution in [1.29, 1.82) is 0 Å². The Labute approximate surface area is 221 Å². The topological polar surface area (TPSA) is 63.2 Å². The molecule has 0 unspecified atom stereocenters. The van der Waals surface area contributed by atoms with E-state index in [1.807, 2.05) is 62.4 Å². The smallest absolute Gasteiger partial charge is 0.338 e. The predicted molar refractivity (Wildman–Crippen MR) is 144 cm³/mol. The van der Waals surface area contributed by atoms with Crippen molar-refractivity contribution < 1.29 is 28.5 Å². The van der Waals surface area contributed by atoms with Crippen LogP contribution in [0.25, 0.3) is 0 Å². The number of hydrogen-bond donors (Lipinski definition) is 0. The van der Waals surface area contributed by atoms with Crippen molar-refractivity contribution in [3.8, 4) is 5.75 Å². The van der Waals surface area contributed by atoms with Gasteiger partial charge in [0.25, 0.3) is 0 Å². The lowest BCUT2D eigenvalue weighted by molar-refractivity contribution is -0.147. The number of carbonyl (C=O) groups excluding carboxylic acids is 1. The van der Waals surface area contributed by atoms with E-state index in [1.165, 1.54) is 0 Å². The molecule has 0 spiro atoms. The molecule has 6 heteroatoms. The summed E-state index contributed by atoms with van der Waals surface area (Å²) in [4.78, 5) is 12.9. The lowest BCUT2D eigenvalue weighted by Gasteiger charge is -2.30. The van der Waals surface area contributed by atoms with E-state index in [0.717, 1.165) is 17.7 Å². The van der Waals surface area contributed by atoms with E-state index >= 15 is 0 Å². The van der Waals surface area contributed by atoms with Crippen molar-refractivity contribution in [2.75, 3.05) is 20.3 Å². The van der Waals surface area contributed by atoms with Crippen LogP contribution in [-0.2, 0) is 25.6 Å². The van der Waals surface area contributed by atoms with Gasteiger partial charge in [0.1, 0.15) is 11.9 Å². The van der Waals surface area contributed by atoms with Gasteiger partial charge in [0.05, 0.1) is 32.0 Å². The molecule has 0 aliphatic carbocycles. The maximum Gasteiger partial charge on any atom is 0.338 e. The van der Waals surface area contributed by atoms with Gasteiger partial charge in [-0.15, -0.1) is 0 Å². The van der Waals surface area contributed by atoms with Gasteiger partial charge in [0.2, 0.25) is 0 Å². The van der Waals surface area contributed by atoms with Crippen LogP contribution in [0.3, 0.4) is 0 Å². The molecule has 0 N–H and O–H groups in total. The zero-order chi connectivity index (χ0) is 26.8. The largest absolute Gasteiger partial charge is 0.497 e. The Morgan fingerprint density at radius 1 is 1.05 bits per heavy atom. The molecule has 0 bridgehead atoms. The molecule has 0 saturated carbocycles. The van der Waals surface area contributed by atoms with Crippen LogP contribution in [0.1, 0.15) is 57.0 Å². The first-order chi connectivity index (χ1) is 17.7. The molecule has 0 aromatic heterocycles. The van der Waals surface area contributed by atoms with Gasteiger partial charge in [0.15, 0.2) is 5.79 Å². The van der Waals surface area contributed by atoms with E-state index in [2.05, 4.69) is 26.8 Å². The molecular weight excluding hydrogens is 468 g/mol. The summed E-state index contributed by atoms with van der Waals surface area (Å²) >= 11 is 0. The van der Waals surface area contributed by atoms with Gasteiger partial charge in [-0.2, -0.15) is 0 Å². The SMILES string of the molecule is COc1ccc(COCC[C@@H](C)/C=C\[C@H](OC(=O)c2ccccc2)[C@@H](C)[C@H](C)[C@H]2COC(C)(C)O2)cc1. The fraction of sp³-hybridized carbons (Fsp3) is 0.516. The molecule has 0 radical (unpaired) electrons. The van der Waals surface area contributed by atoms with Crippen molar-refractivity contribution >= 4 is 5.97 Å². The molecule has 1 saturated heterocycles. The number of esters is 1. The van der Waals surface area contributed by atoms with Crippen molar-refractivity contribution in [3.63, 3.8) is 0 Å². The third kappa shape index (κ3) is 8.99. The van der Waals surface area contributed by atoms with Crippen LogP contribution >= 0.6 is 0 Å². The summed E-state index contributed by atoms with van der Waals surface area (Å²) in [6.45, 7) is 12.0. The quantitative estimate of drug-likeness (QED) is 0.175. The highest BCUT2D eigenvalue weighted by atomic mass is 16.7. The van der Waals surface area contributed by atoms with E-state index in [9.17, 15) is 4.79 Å². The Morgan fingerprint density at radius 2 is 1.76 bits per heavy atom. The van der Waals surface area contributed by atoms with Crippen LogP contribution < -0.4 is 4.74 Å². The first-order valence-corrected chi connectivity index (χ1v) is 13.2. The van der Waals surface area contributed by atoms with E-state index in [1.54, 1.807) is 19.2 Å². The molecule has 1 heterocycles. The molecule has 2 aromatic rings. The van der Waals surface area contributed by atoms with Crippen LogP contribution in [0.2, 0.25) is 0 Å². The van der Waals surface area contributed by atoms with Gasteiger partial charge >= 0.3 is 5.97 Å². The maximum atomic E-state index is 12.9. The third-order valence-corrected chi connectivity index (χ3v) is 6.99. The highest BCUT2D eigenvalue weighted by Gasteiger charge is 2.39. The Balaban J connectivity index is 1.58. The molecular formula is C31H42O6. The van der Waals surface area contributed by atoms with Gasteiger partial charge in [-0.25, -0.2) is 4.79 Å². The van der Waals surface area contributed by atoms with Gasteiger partial charge < -0.3 is 23.7 Å². The minimum Gasteiger partial charge on any atom is -0.497 e. The minimum atomic E-state index is -0.592. The lowest BCUT2D eigenvalue weighted by Crippen LogP contribution is -2.35. The van der Waals surface area contributed by atoms with Crippen molar-refractivity contribution in [1.82, 2.24) is 0 Å². The number of carbonyl (C=O) groups is 1. The predicted octanol–water partition coefficient (Wildman–Crippen LogP) is 6.44. The third-order valence-electron chi connectivity index (χ3n) is 6.99. The van der Waals surface area contributed by atoms with Crippen LogP contribution in [0.15, 0.2) is 66.7 Å². The van der Waals surface area contributed by atoms with E-state index < -0.39 is 11.9 Å². The van der Waals surface area contributed by atoms with Crippen molar-refractivity contribution in [3.05, 3.63) is 77.9 Å². The first-order valence-electron chi connectivity index (χ1n) is 13.2. The molecule has 1 aliphatic rings. The molecule has 3 rings (SSSR count). The van der Waals surface area contributed by atoms with Crippen LogP contribution in [0, 0.1) is 17.8 Å². The Morgan fingerprint density at radius 3 is 2.38 bits per heavy atom. The Bertz CT molecular complexity index is 985. The summed E-state index contributed by atoms with van der Waals surface area (Å²) in [5.74, 6) is 0.345. The second-order valence-electron chi connectivity index (χ2n) is 10.4. The average Bonchev–Trinajstić information content (AvgIpc) is 3.28. The fourth-order valence-corrected chi connectivity index (χ4v) is 4.28. The monoisotopic (exact) mass is 510 g/mol. The number of hydrogen-bond acceptors (Lipinski definition) is 6. The first kappa shape index (κ1) is 28.9. The molecule has 2 aromatic carbocycles. The van der Waals surface area contributed by atoms with E-state index in [0.29, 0.717) is 25.4 Å². The highest BCUT2D eigenvalue weighted by molar-refractivity contribution is 5.89. The van der Waals surface area contributed by atoms with Crippen molar-refractivity contribution in [2.24, 2.45) is 17.8 Å². The molecule has 37 heavy (non-hydrogen) atoms. The number of allylic oxidation sites excluding steroid dienone is 1. The molecule has 1 aliphatic heterocycles. The van der Waals surface area contributed by atoms with Gasteiger partial charge in [-0.3, -0.25) is 0 Å². The van der Waals surface area contributed by atoms with E-state index in [4.69, 9.17) is 23.7 Å². The normalized spacial score (nSPS) is 20.3. The molecule has 5 atom stereocenters. The molecule has 6 nitrogen and oxygen atoms in total. The zero-order valence-corrected chi connectivity index (χ0v) is 23.0. The number of ether oxygens (including phenoxy) is 5. The second-order valence-corrected chi connectivity index (χ2v) is 10.4. The number of rotatable bonds is 13. The lowest BCUT2D eigenvalue weighted by atomic mass is 9.86. The average molecular weight is 511 g/mol. The molecule has 1 fully saturated rings. The highest BCUT2D eigenvalue weighted by Crippen LogP contribution is 2.32. The van der Waals surface area contributed by atoms with Crippen LogP contribution in [0.4, 0.5) is 0 Å². The van der Waals surface area contributed by atoms with Crippen LogP contribution in [0.5, 0.6) is 5.75 Å².